The molecule has 88 valence electrons. The summed E-state index contributed by atoms with van der Waals surface area (Å²) in [5.74, 6) is 1.24. The fourth-order valence-corrected chi connectivity index (χ4v) is 1.15. The third-order valence-corrected chi connectivity index (χ3v) is 1.93. The monoisotopic (exact) mass is 218 g/mol. The van der Waals surface area contributed by atoms with Gasteiger partial charge in [-0.2, -0.15) is 0 Å². The summed E-state index contributed by atoms with van der Waals surface area (Å²) in [6.07, 6.45) is 7.55. The average Bonchev–Trinajstić information content (AvgIpc) is 2.32. The number of nitrogens with zero attached hydrogens (tertiary/aromatic N) is 2. The Balaban J connectivity index is 0.00000106. The molecule has 2 nitrogen and oxygen atoms in total. The fraction of sp³-hybridized carbons (Fsp3) is 0.429. The lowest BCUT2D eigenvalue weighted by molar-refractivity contribution is 0.771. The van der Waals surface area contributed by atoms with E-state index in [9.17, 15) is 0 Å². The molecule has 0 aliphatic rings. The number of allylic oxidation sites excluding steroid dienone is 1. The van der Waals surface area contributed by atoms with Crippen molar-refractivity contribution in [3.05, 3.63) is 35.9 Å². The minimum atomic E-state index is 0.359. The van der Waals surface area contributed by atoms with E-state index < -0.39 is 0 Å². The molecule has 0 aliphatic carbocycles. The number of aromatic nitrogens is 2. The van der Waals surface area contributed by atoms with Gasteiger partial charge in [-0.05, 0) is 13.0 Å². The molecule has 0 N–H and O–H groups in total. The molecule has 0 spiro atoms. The standard InChI is InChI=1S/C12H16N2.C2H6/c1-5-7-11-10(6-2)8-13-12(14-11)9(3)4;1-2/h5-9H,2H2,1,3-4H3;1-2H3/b7-5-;. The Bertz CT molecular complexity index is 352. The van der Waals surface area contributed by atoms with Crippen molar-refractivity contribution < 1.29 is 0 Å². The van der Waals surface area contributed by atoms with E-state index in [2.05, 4.69) is 30.4 Å². The van der Waals surface area contributed by atoms with E-state index in [0.717, 1.165) is 17.1 Å². The van der Waals surface area contributed by atoms with Crippen molar-refractivity contribution in [1.82, 2.24) is 9.97 Å². The molecule has 2 heteroatoms. The molecular formula is C14H22N2. The van der Waals surface area contributed by atoms with Gasteiger partial charge in [0.1, 0.15) is 5.82 Å². The first-order valence-corrected chi connectivity index (χ1v) is 5.81. The highest BCUT2D eigenvalue weighted by molar-refractivity contribution is 5.60. The first-order chi connectivity index (χ1) is 7.69. The normalized spacial score (nSPS) is 10.1. The minimum Gasteiger partial charge on any atom is -0.240 e. The van der Waals surface area contributed by atoms with Crippen molar-refractivity contribution in [3.63, 3.8) is 0 Å². The Morgan fingerprint density at radius 2 is 1.94 bits per heavy atom. The lowest BCUT2D eigenvalue weighted by Crippen LogP contribution is -2.00. The smallest absolute Gasteiger partial charge is 0.131 e. The maximum absolute atomic E-state index is 4.46. The van der Waals surface area contributed by atoms with Gasteiger partial charge < -0.3 is 0 Å². The molecule has 0 aliphatic heterocycles. The van der Waals surface area contributed by atoms with Crippen LogP contribution < -0.4 is 0 Å². The topological polar surface area (TPSA) is 25.8 Å². The second kappa shape index (κ2) is 7.80. The van der Waals surface area contributed by atoms with Crippen molar-refractivity contribution >= 4 is 12.2 Å². The molecule has 0 bridgehead atoms. The zero-order chi connectivity index (χ0) is 12.6. The third-order valence-electron chi connectivity index (χ3n) is 1.93. The van der Waals surface area contributed by atoms with Crippen LogP contribution in [-0.2, 0) is 0 Å². The second-order valence-corrected chi connectivity index (χ2v) is 3.43. The summed E-state index contributed by atoms with van der Waals surface area (Å²) >= 11 is 0. The van der Waals surface area contributed by atoms with Crippen LogP contribution in [0.1, 0.15) is 57.6 Å². The van der Waals surface area contributed by atoms with Crippen LogP contribution in [0.15, 0.2) is 18.9 Å². The van der Waals surface area contributed by atoms with Crippen LogP contribution in [0.3, 0.4) is 0 Å². The largest absolute Gasteiger partial charge is 0.240 e. The molecule has 0 saturated heterocycles. The van der Waals surface area contributed by atoms with Crippen LogP contribution in [0.25, 0.3) is 12.2 Å². The van der Waals surface area contributed by atoms with Crippen LogP contribution in [0.5, 0.6) is 0 Å². The Morgan fingerprint density at radius 3 is 2.38 bits per heavy atom. The predicted octanol–water partition coefficient (Wildman–Crippen LogP) is 4.30. The first-order valence-electron chi connectivity index (χ1n) is 5.81. The minimum absolute atomic E-state index is 0.359. The fourth-order valence-electron chi connectivity index (χ4n) is 1.15. The summed E-state index contributed by atoms with van der Waals surface area (Å²) in [5, 5.41) is 0. The zero-order valence-electron chi connectivity index (χ0n) is 11.0. The van der Waals surface area contributed by atoms with Crippen LogP contribution in [0.2, 0.25) is 0 Å². The molecule has 0 atom stereocenters. The molecule has 0 amide bonds. The maximum Gasteiger partial charge on any atom is 0.131 e. The van der Waals surface area contributed by atoms with Crippen molar-refractivity contribution in [1.29, 1.82) is 0 Å². The highest BCUT2D eigenvalue weighted by Gasteiger charge is 2.05. The molecule has 1 rings (SSSR count). The average molecular weight is 218 g/mol. The molecule has 0 aromatic carbocycles. The van der Waals surface area contributed by atoms with Crippen LogP contribution in [0, 0.1) is 0 Å². The van der Waals surface area contributed by atoms with Crippen LogP contribution in [-0.4, -0.2) is 9.97 Å². The predicted molar refractivity (Wildman–Crippen MR) is 72.3 cm³/mol. The van der Waals surface area contributed by atoms with Gasteiger partial charge >= 0.3 is 0 Å². The Morgan fingerprint density at radius 1 is 1.31 bits per heavy atom. The molecular weight excluding hydrogens is 196 g/mol. The maximum atomic E-state index is 4.46. The highest BCUT2D eigenvalue weighted by Crippen LogP contribution is 2.14. The van der Waals surface area contributed by atoms with Crippen molar-refractivity contribution in [2.45, 2.75) is 40.5 Å². The van der Waals surface area contributed by atoms with Gasteiger partial charge in [0, 0.05) is 17.7 Å². The van der Waals surface area contributed by atoms with Gasteiger partial charge in [-0.15, -0.1) is 0 Å². The van der Waals surface area contributed by atoms with E-state index in [1.807, 2.05) is 39.1 Å². The molecule has 1 aromatic heterocycles. The van der Waals surface area contributed by atoms with E-state index in [0.29, 0.717) is 5.92 Å². The van der Waals surface area contributed by atoms with Gasteiger partial charge in [-0.3, -0.25) is 0 Å². The Hall–Kier alpha value is -1.44. The Labute approximate surface area is 99.1 Å². The van der Waals surface area contributed by atoms with Gasteiger partial charge in [-0.1, -0.05) is 46.4 Å². The molecule has 16 heavy (non-hydrogen) atoms. The molecule has 0 saturated carbocycles. The van der Waals surface area contributed by atoms with Crippen molar-refractivity contribution in [3.8, 4) is 0 Å². The summed E-state index contributed by atoms with van der Waals surface area (Å²) in [6.45, 7) is 13.9. The van der Waals surface area contributed by atoms with Crippen LogP contribution in [0.4, 0.5) is 0 Å². The first kappa shape index (κ1) is 14.6. The van der Waals surface area contributed by atoms with Crippen molar-refractivity contribution in [2.24, 2.45) is 0 Å². The zero-order valence-corrected chi connectivity index (χ0v) is 11.0. The summed E-state index contributed by atoms with van der Waals surface area (Å²) in [5.41, 5.74) is 1.92. The van der Waals surface area contributed by atoms with Crippen molar-refractivity contribution in [2.75, 3.05) is 0 Å². The van der Waals surface area contributed by atoms with Gasteiger partial charge in [-0.25, -0.2) is 9.97 Å². The molecule has 0 radical (unpaired) electrons. The summed E-state index contributed by atoms with van der Waals surface area (Å²) < 4.78 is 0. The van der Waals surface area contributed by atoms with E-state index >= 15 is 0 Å². The quantitative estimate of drug-likeness (QED) is 0.755. The lowest BCUT2D eigenvalue weighted by atomic mass is 10.1. The Kier molecular flexibility index (Phi) is 7.10. The molecule has 0 unspecified atom stereocenters. The van der Waals surface area contributed by atoms with Gasteiger partial charge in [0.2, 0.25) is 0 Å². The highest BCUT2D eigenvalue weighted by atomic mass is 14.9. The van der Waals surface area contributed by atoms with E-state index in [-0.39, 0.29) is 0 Å². The molecule has 0 fully saturated rings. The summed E-state index contributed by atoms with van der Waals surface area (Å²) in [7, 11) is 0. The number of hydrogen-bond acceptors (Lipinski definition) is 2. The third kappa shape index (κ3) is 3.97. The van der Waals surface area contributed by atoms with E-state index in [1.165, 1.54) is 0 Å². The van der Waals surface area contributed by atoms with E-state index in [1.54, 1.807) is 6.08 Å². The van der Waals surface area contributed by atoms with Crippen LogP contribution >= 0.6 is 0 Å². The van der Waals surface area contributed by atoms with Gasteiger partial charge in [0.25, 0.3) is 0 Å². The lowest BCUT2D eigenvalue weighted by Gasteiger charge is -2.06. The van der Waals surface area contributed by atoms with Gasteiger partial charge in [0.15, 0.2) is 0 Å². The SMILES string of the molecule is C=Cc1cnc(C(C)C)nc1/C=C\C.CC. The van der Waals surface area contributed by atoms with E-state index in [4.69, 9.17) is 0 Å². The summed E-state index contributed by atoms with van der Waals surface area (Å²) in [4.78, 5) is 8.74. The summed E-state index contributed by atoms with van der Waals surface area (Å²) in [6, 6.07) is 0. The van der Waals surface area contributed by atoms with Gasteiger partial charge in [0.05, 0.1) is 5.69 Å². The number of rotatable bonds is 3. The molecule has 1 aromatic rings. The second-order valence-electron chi connectivity index (χ2n) is 3.43. The number of hydrogen-bond donors (Lipinski definition) is 0. The molecule has 1 heterocycles.